The van der Waals surface area contributed by atoms with Crippen molar-refractivity contribution in [1.29, 1.82) is 0 Å². The summed E-state index contributed by atoms with van der Waals surface area (Å²) in [5.41, 5.74) is -3.10. The zero-order valence-corrected chi connectivity index (χ0v) is 38.3. The summed E-state index contributed by atoms with van der Waals surface area (Å²) in [5.74, 6) is -0.303. The minimum absolute atomic E-state index is 0.0561. The number of amides is 1. The number of nitrogens with one attached hydrogen (secondary N) is 1. The number of nitrogens with two attached hydrogens (primary N) is 1. The molecule has 0 spiro atoms. The quantitative estimate of drug-likeness (QED) is 0.128. The Hall–Kier alpha value is -3.22. The van der Waals surface area contributed by atoms with Crippen molar-refractivity contribution in [2.75, 3.05) is 52.0 Å². The molecule has 3 fully saturated rings. The molecule has 354 valence electrons. The van der Waals surface area contributed by atoms with Crippen molar-refractivity contribution in [3.05, 3.63) is 93.6 Å². The molecule has 4 N–H and O–H groups in total. The van der Waals surface area contributed by atoms with Gasteiger partial charge in [-0.15, -0.1) is 0 Å². The molecule has 4 heterocycles. The maximum atomic E-state index is 13.4. The lowest BCUT2D eigenvalue weighted by molar-refractivity contribution is -0.138. The second kappa shape index (κ2) is 21.6. The van der Waals surface area contributed by atoms with Gasteiger partial charge < -0.3 is 20.5 Å². The molecule has 2 atom stereocenters. The van der Waals surface area contributed by atoms with E-state index in [1.54, 1.807) is 39.6 Å². The van der Waals surface area contributed by atoms with Crippen LogP contribution in [0.15, 0.2) is 66.9 Å². The van der Waals surface area contributed by atoms with E-state index < -0.39 is 56.1 Å². The number of alkyl halides is 6. The van der Waals surface area contributed by atoms with E-state index in [4.69, 9.17) is 28.9 Å². The van der Waals surface area contributed by atoms with E-state index in [2.05, 4.69) is 9.88 Å². The summed E-state index contributed by atoms with van der Waals surface area (Å²) < 4.78 is 129. The molecule has 0 bridgehead atoms. The predicted octanol–water partition coefficient (Wildman–Crippen LogP) is 6.93. The van der Waals surface area contributed by atoms with E-state index in [9.17, 15) is 53.0 Å². The number of aromatic nitrogens is 1. The average molecular weight is 987 g/mol. The first-order chi connectivity index (χ1) is 29.9. The fraction of sp³-hybridized carbons (Fsp3) is 0.550. The van der Waals surface area contributed by atoms with Crippen molar-refractivity contribution in [2.45, 2.75) is 75.0 Å². The lowest BCUT2D eigenvalue weighted by Gasteiger charge is -2.41. The molecule has 3 saturated heterocycles. The van der Waals surface area contributed by atoms with Gasteiger partial charge in [-0.1, -0.05) is 47.5 Å². The largest absolute Gasteiger partial charge is 0.511 e. The number of hydrogen-bond acceptors (Lipinski definition) is 10. The van der Waals surface area contributed by atoms with E-state index in [0.717, 1.165) is 45.1 Å². The number of anilines is 1. The Labute approximate surface area is 380 Å². The molecule has 2 unspecified atom stereocenters. The predicted molar refractivity (Wildman–Crippen MR) is 233 cm³/mol. The summed E-state index contributed by atoms with van der Waals surface area (Å²) in [4.78, 5) is 23.1. The number of rotatable bonds is 12. The third-order valence-electron chi connectivity index (χ3n) is 12.2. The molecular weight excluding hydrogens is 934 g/mol. The third kappa shape index (κ3) is 13.2. The fourth-order valence-electron chi connectivity index (χ4n) is 8.60. The third-order valence-corrected chi connectivity index (χ3v) is 15.4. The van der Waals surface area contributed by atoms with Crippen LogP contribution in [-0.2, 0) is 31.4 Å². The highest BCUT2D eigenvalue weighted by Gasteiger charge is 2.52. The number of halogens is 8. The number of carbonyl (C=O) groups excluding carboxylic acids is 1. The topological polar surface area (TPSA) is 169 Å². The molecule has 3 aliphatic rings. The van der Waals surface area contributed by atoms with E-state index in [0.29, 0.717) is 83.2 Å². The highest BCUT2D eigenvalue weighted by Crippen LogP contribution is 2.41. The molecule has 3 aromatic rings. The number of nitrogens with zero attached hydrogens (tertiary/aromatic N) is 5. The molecule has 0 saturated carbocycles. The van der Waals surface area contributed by atoms with Crippen LogP contribution in [0.3, 0.4) is 0 Å². The minimum Gasteiger partial charge on any atom is -0.437 e. The van der Waals surface area contributed by atoms with Gasteiger partial charge in [0.1, 0.15) is 5.82 Å². The molecule has 24 heteroatoms. The van der Waals surface area contributed by atoms with Gasteiger partial charge in [-0.3, -0.25) is 9.69 Å². The maximum Gasteiger partial charge on any atom is 0.511 e. The van der Waals surface area contributed by atoms with Crippen molar-refractivity contribution in [1.82, 2.24) is 28.6 Å². The Kier molecular flexibility index (Phi) is 17.5. The van der Waals surface area contributed by atoms with E-state index in [1.165, 1.54) is 36.4 Å². The standard InChI is InChI=1S/C26H33ClF3N5O3S.C14H19BClF3N2O3S/c1-33(39(37,38)26(28,29)30)24(19-2-4-22(27)5-3-19)20-9-14-35(15-10-20)25(36)21-7-12-34(13-8-21)17-18-6-11-32-23(31)16-18;1-15(22)21-8-6-11(7-9-21)13(10-2-4-12(16)5-3-10)20-25(23,24)14(17,18)19/h2-6,11,16,20-21,24H,7-10,12-15,17H2,1H3,(H2,31,32);2-5,11,13,20,22H,6-9H2,1H3. The Bertz CT molecular complexity index is 2230. The summed E-state index contributed by atoms with van der Waals surface area (Å²) in [7, 11) is -10.7. The lowest BCUT2D eigenvalue weighted by atomic mass is 9.78. The van der Waals surface area contributed by atoms with E-state index in [-0.39, 0.29) is 17.7 Å². The van der Waals surface area contributed by atoms with Crippen LogP contribution in [0.4, 0.5) is 32.2 Å². The number of benzene rings is 2. The zero-order chi connectivity index (χ0) is 47.2. The molecule has 3 aliphatic heterocycles. The molecule has 1 amide bonds. The summed E-state index contributed by atoms with van der Waals surface area (Å²) in [6, 6.07) is 14.0. The van der Waals surface area contributed by atoms with Crippen LogP contribution in [-0.4, -0.2) is 116 Å². The van der Waals surface area contributed by atoms with Gasteiger partial charge in [0.2, 0.25) is 5.91 Å². The highest BCUT2D eigenvalue weighted by molar-refractivity contribution is 7.90. The molecular formula is C40H52BCl2F6N7O6S2. The summed E-state index contributed by atoms with van der Waals surface area (Å²) in [5, 5.41) is 10.4. The first kappa shape index (κ1) is 51.8. The first-order valence-corrected chi connectivity index (χ1v) is 24.3. The smallest absolute Gasteiger partial charge is 0.437 e. The number of nitrogen functional groups attached to an aromatic ring is 1. The van der Waals surface area contributed by atoms with Crippen molar-refractivity contribution < 1.29 is 53.0 Å². The highest BCUT2D eigenvalue weighted by atomic mass is 35.5. The zero-order valence-electron chi connectivity index (χ0n) is 35.1. The number of pyridine rings is 1. The molecule has 2 aromatic carbocycles. The van der Waals surface area contributed by atoms with Crippen molar-refractivity contribution in [2.24, 2.45) is 17.8 Å². The van der Waals surface area contributed by atoms with Crippen molar-refractivity contribution in [3.63, 3.8) is 0 Å². The van der Waals surface area contributed by atoms with Crippen LogP contribution < -0.4 is 10.5 Å². The molecule has 64 heavy (non-hydrogen) atoms. The van der Waals surface area contributed by atoms with Gasteiger partial charge in [-0.05, 0) is 136 Å². The first-order valence-electron chi connectivity index (χ1n) is 20.7. The molecule has 6 rings (SSSR count). The van der Waals surface area contributed by atoms with Gasteiger partial charge in [0.15, 0.2) is 0 Å². The van der Waals surface area contributed by atoms with Crippen LogP contribution in [0.1, 0.15) is 67.3 Å². The number of carbonyl (C=O) groups is 1. The van der Waals surface area contributed by atoms with Crippen LogP contribution in [0, 0.1) is 17.8 Å². The van der Waals surface area contributed by atoms with Gasteiger partial charge in [-0.25, -0.2) is 21.8 Å². The van der Waals surface area contributed by atoms with Crippen LogP contribution >= 0.6 is 23.2 Å². The van der Waals surface area contributed by atoms with Gasteiger partial charge in [-0.2, -0.15) is 35.4 Å². The second-order valence-electron chi connectivity index (χ2n) is 16.4. The maximum absolute atomic E-state index is 13.4. The van der Waals surface area contributed by atoms with Crippen molar-refractivity contribution >= 4 is 62.0 Å². The number of likely N-dealkylation sites (tertiary alicyclic amines) is 2. The van der Waals surface area contributed by atoms with Crippen LogP contribution in [0.5, 0.6) is 0 Å². The second-order valence-corrected chi connectivity index (χ2v) is 20.9. The van der Waals surface area contributed by atoms with Gasteiger partial charge in [0.05, 0.1) is 6.04 Å². The Morgan fingerprint density at radius 1 is 0.828 bits per heavy atom. The molecule has 1 aromatic heterocycles. The monoisotopic (exact) mass is 985 g/mol. The molecule has 0 aliphatic carbocycles. The Balaban J connectivity index is 0.000000266. The normalized spacial score (nSPS) is 19.2. The summed E-state index contributed by atoms with van der Waals surface area (Å²) in [6.07, 6.45) is 4.81. The fourth-order valence-corrected chi connectivity index (χ4v) is 10.6. The van der Waals surface area contributed by atoms with Crippen LogP contribution in [0.25, 0.3) is 0 Å². The SMILES string of the molecule is CB(O)N1CCC(C(NS(=O)(=O)C(F)(F)F)c2ccc(Cl)cc2)CC1.CN(C(c1ccc(Cl)cc1)C1CCN(C(=O)C2CCN(Cc3ccnc(N)c3)CC2)CC1)S(=O)(=O)C(F)(F)F. The van der Waals surface area contributed by atoms with Crippen LogP contribution in [0.2, 0.25) is 16.9 Å². The van der Waals surface area contributed by atoms with Gasteiger partial charge >= 0.3 is 38.1 Å². The lowest BCUT2D eigenvalue weighted by Crippen LogP contribution is -2.48. The van der Waals surface area contributed by atoms with E-state index in [1.807, 2.05) is 12.1 Å². The summed E-state index contributed by atoms with van der Waals surface area (Å²) in [6.45, 7) is 5.57. The Morgan fingerprint density at radius 2 is 1.34 bits per heavy atom. The average Bonchev–Trinajstić information content (AvgIpc) is 3.24. The number of hydrogen-bond donors (Lipinski definition) is 3. The van der Waals surface area contributed by atoms with Gasteiger partial charge in [0.25, 0.3) is 0 Å². The summed E-state index contributed by atoms with van der Waals surface area (Å²) >= 11 is 11.8. The number of sulfonamides is 2. The number of piperidine rings is 3. The van der Waals surface area contributed by atoms with Gasteiger partial charge in [0, 0.05) is 54.9 Å². The van der Waals surface area contributed by atoms with E-state index >= 15 is 0 Å². The molecule has 13 nitrogen and oxygen atoms in total. The molecule has 0 radical (unpaired) electrons. The Morgan fingerprint density at radius 3 is 1.83 bits per heavy atom. The van der Waals surface area contributed by atoms with Crippen molar-refractivity contribution in [3.8, 4) is 0 Å². The minimum atomic E-state index is -5.56.